The number of hydrogen-bond acceptors (Lipinski definition) is 9. The number of methoxy groups -OCH3 is 1. The third kappa shape index (κ3) is 6.54. The number of amides is 1. The quantitative estimate of drug-likeness (QED) is 0.195. The zero-order valence-corrected chi connectivity index (χ0v) is 25.1. The SMILES string of the molecule is CCOc1cc(C2C(C(=O)C=Cc3ccccc3)=C(O)C(=O)N2c2nc(C)c(C(=O)OC)s2)ccc1OCCC(C)C. The number of nitrogens with zero attached hydrogens (tertiary/aromatic N) is 2. The van der Waals surface area contributed by atoms with Gasteiger partial charge in [0.05, 0.1) is 37.6 Å². The van der Waals surface area contributed by atoms with Gasteiger partial charge in [0, 0.05) is 0 Å². The molecule has 0 aliphatic carbocycles. The van der Waals surface area contributed by atoms with Crippen molar-refractivity contribution in [2.24, 2.45) is 5.92 Å². The molecule has 0 fully saturated rings. The van der Waals surface area contributed by atoms with Crippen LogP contribution in [0.2, 0.25) is 0 Å². The monoisotopic (exact) mass is 590 g/mol. The lowest BCUT2D eigenvalue weighted by Crippen LogP contribution is -2.31. The molecule has 1 atom stereocenters. The molecule has 1 N–H and O–H groups in total. The van der Waals surface area contributed by atoms with Gasteiger partial charge in [0.2, 0.25) is 0 Å². The number of aromatic nitrogens is 1. The van der Waals surface area contributed by atoms with Crippen molar-refractivity contribution in [2.45, 2.75) is 40.2 Å². The van der Waals surface area contributed by atoms with Gasteiger partial charge in [-0.3, -0.25) is 14.5 Å². The van der Waals surface area contributed by atoms with E-state index in [1.165, 1.54) is 18.1 Å². The molecule has 1 aromatic heterocycles. The second-order valence-corrected chi connectivity index (χ2v) is 11.0. The summed E-state index contributed by atoms with van der Waals surface area (Å²) in [6, 6.07) is 13.3. The predicted molar refractivity (Wildman–Crippen MR) is 161 cm³/mol. The van der Waals surface area contributed by atoms with Gasteiger partial charge in [-0.2, -0.15) is 0 Å². The van der Waals surface area contributed by atoms with E-state index in [1.54, 1.807) is 31.2 Å². The molecule has 2 aromatic carbocycles. The molecule has 4 rings (SSSR count). The van der Waals surface area contributed by atoms with Crippen molar-refractivity contribution in [3.05, 3.63) is 87.6 Å². The van der Waals surface area contributed by atoms with E-state index in [0.29, 0.717) is 41.9 Å². The van der Waals surface area contributed by atoms with Gasteiger partial charge in [-0.25, -0.2) is 9.78 Å². The fourth-order valence-electron chi connectivity index (χ4n) is 4.45. The lowest BCUT2D eigenvalue weighted by atomic mass is 9.95. The highest BCUT2D eigenvalue weighted by atomic mass is 32.1. The number of aryl methyl sites for hydroxylation is 1. The maximum absolute atomic E-state index is 13.6. The number of carbonyl (C=O) groups is 3. The first-order chi connectivity index (χ1) is 20.2. The fraction of sp³-hybridized carbons (Fsp3) is 0.312. The number of carbonyl (C=O) groups excluding carboxylic acids is 3. The normalized spacial score (nSPS) is 15.1. The Kier molecular flexibility index (Phi) is 9.80. The molecule has 1 aliphatic rings. The van der Waals surface area contributed by atoms with Gasteiger partial charge in [0.1, 0.15) is 4.88 Å². The highest BCUT2D eigenvalue weighted by Crippen LogP contribution is 2.45. The van der Waals surface area contributed by atoms with E-state index in [-0.39, 0.29) is 15.6 Å². The number of aliphatic hydroxyl groups is 1. The second-order valence-electron chi connectivity index (χ2n) is 10.0. The van der Waals surface area contributed by atoms with Crippen LogP contribution in [-0.2, 0) is 14.3 Å². The van der Waals surface area contributed by atoms with Crippen molar-refractivity contribution in [1.82, 2.24) is 4.98 Å². The van der Waals surface area contributed by atoms with Crippen molar-refractivity contribution >= 4 is 40.2 Å². The minimum Gasteiger partial charge on any atom is -0.503 e. The van der Waals surface area contributed by atoms with Gasteiger partial charge in [0.15, 0.2) is 28.2 Å². The van der Waals surface area contributed by atoms with Crippen LogP contribution in [-0.4, -0.2) is 48.1 Å². The predicted octanol–water partition coefficient (Wildman–Crippen LogP) is 6.24. The zero-order valence-electron chi connectivity index (χ0n) is 24.2. The maximum atomic E-state index is 13.6. The van der Waals surface area contributed by atoms with Gasteiger partial charge in [-0.15, -0.1) is 0 Å². The Labute approximate surface area is 249 Å². The summed E-state index contributed by atoms with van der Waals surface area (Å²) in [5.41, 5.74) is 1.52. The molecule has 220 valence electrons. The molecule has 0 bridgehead atoms. The molecule has 0 radical (unpaired) electrons. The Balaban J connectivity index is 1.81. The number of ketones is 1. The molecule has 0 spiro atoms. The number of ether oxygens (including phenoxy) is 3. The molecule has 9 nitrogen and oxygen atoms in total. The number of allylic oxidation sites excluding steroid dienone is 1. The van der Waals surface area contributed by atoms with Crippen molar-refractivity contribution in [2.75, 3.05) is 25.2 Å². The van der Waals surface area contributed by atoms with Crippen molar-refractivity contribution in [1.29, 1.82) is 0 Å². The van der Waals surface area contributed by atoms with Crippen LogP contribution in [0, 0.1) is 12.8 Å². The number of hydrogen-bond donors (Lipinski definition) is 1. The van der Waals surface area contributed by atoms with Crippen LogP contribution in [0.25, 0.3) is 6.08 Å². The molecule has 0 saturated heterocycles. The summed E-state index contributed by atoms with van der Waals surface area (Å²) in [6.07, 6.45) is 3.80. The molecule has 1 unspecified atom stereocenters. The Morgan fingerprint density at radius 1 is 1.12 bits per heavy atom. The van der Waals surface area contributed by atoms with Gasteiger partial charge >= 0.3 is 5.97 Å². The first kappa shape index (κ1) is 30.5. The minimum atomic E-state index is -1.05. The second kappa shape index (κ2) is 13.5. The standard InChI is InChI=1S/C32H34N2O7S/c1-6-40-25-18-22(13-15-24(25)41-17-16-19(2)3)27-26(23(35)14-12-21-10-8-7-9-11-21)28(36)30(37)34(27)32-33-20(4)29(42-32)31(38)39-5/h7-15,18-19,27,36H,6,16-17H2,1-5H3. The Bertz CT molecular complexity index is 1520. The van der Waals surface area contributed by atoms with Gasteiger partial charge in [-0.05, 0) is 55.5 Å². The lowest BCUT2D eigenvalue weighted by molar-refractivity contribution is -0.117. The first-order valence-corrected chi connectivity index (χ1v) is 14.5. The summed E-state index contributed by atoms with van der Waals surface area (Å²) in [5.74, 6) is -1.22. The van der Waals surface area contributed by atoms with E-state index in [0.717, 1.165) is 23.3 Å². The van der Waals surface area contributed by atoms with Gasteiger partial charge in [0.25, 0.3) is 5.91 Å². The average Bonchev–Trinajstić information content (AvgIpc) is 3.48. The summed E-state index contributed by atoms with van der Waals surface area (Å²) < 4.78 is 16.7. The topological polar surface area (TPSA) is 115 Å². The van der Waals surface area contributed by atoms with Gasteiger partial charge < -0.3 is 19.3 Å². The van der Waals surface area contributed by atoms with Crippen LogP contribution in [0.1, 0.15) is 59.7 Å². The number of rotatable bonds is 12. The summed E-state index contributed by atoms with van der Waals surface area (Å²) in [6.45, 7) is 8.54. The zero-order chi connectivity index (χ0) is 30.4. The molecule has 1 amide bonds. The van der Waals surface area contributed by atoms with Crippen molar-refractivity contribution in [3.8, 4) is 11.5 Å². The highest BCUT2D eigenvalue weighted by molar-refractivity contribution is 7.17. The number of esters is 1. The highest BCUT2D eigenvalue weighted by Gasteiger charge is 2.45. The lowest BCUT2D eigenvalue weighted by Gasteiger charge is -2.25. The minimum absolute atomic E-state index is 0.115. The van der Waals surface area contributed by atoms with E-state index >= 15 is 0 Å². The smallest absolute Gasteiger partial charge is 0.350 e. The first-order valence-electron chi connectivity index (χ1n) is 13.7. The van der Waals surface area contributed by atoms with Crippen LogP contribution in [0.15, 0.2) is 65.9 Å². The van der Waals surface area contributed by atoms with Crippen LogP contribution in [0.5, 0.6) is 11.5 Å². The average molecular weight is 591 g/mol. The molecule has 2 heterocycles. The number of anilines is 1. The van der Waals surface area contributed by atoms with Crippen molar-refractivity contribution in [3.63, 3.8) is 0 Å². The number of thiazole rings is 1. The molecule has 42 heavy (non-hydrogen) atoms. The summed E-state index contributed by atoms with van der Waals surface area (Å²) in [4.78, 5) is 45.4. The van der Waals surface area contributed by atoms with Crippen LogP contribution in [0.4, 0.5) is 5.13 Å². The van der Waals surface area contributed by atoms with E-state index in [9.17, 15) is 19.5 Å². The van der Waals surface area contributed by atoms with Crippen molar-refractivity contribution < 1.29 is 33.7 Å². The molecular weight excluding hydrogens is 556 g/mol. The van der Waals surface area contributed by atoms with Crippen LogP contribution < -0.4 is 14.4 Å². The molecular formula is C32H34N2O7S. The van der Waals surface area contributed by atoms with Crippen LogP contribution >= 0.6 is 11.3 Å². The summed E-state index contributed by atoms with van der Waals surface area (Å²) in [5, 5.41) is 11.2. The number of benzene rings is 2. The summed E-state index contributed by atoms with van der Waals surface area (Å²) in [7, 11) is 1.26. The van der Waals surface area contributed by atoms with Gasteiger partial charge in [-0.1, -0.05) is 67.7 Å². The Morgan fingerprint density at radius 3 is 2.52 bits per heavy atom. The van der Waals surface area contributed by atoms with E-state index < -0.39 is 29.5 Å². The van der Waals surface area contributed by atoms with E-state index in [1.807, 2.05) is 37.3 Å². The van der Waals surface area contributed by atoms with Crippen LogP contribution in [0.3, 0.4) is 0 Å². The fourth-order valence-corrected chi connectivity index (χ4v) is 5.46. The maximum Gasteiger partial charge on any atom is 0.350 e. The van der Waals surface area contributed by atoms with E-state index in [4.69, 9.17) is 14.2 Å². The third-order valence-electron chi connectivity index (χ3n) is 6.60. The number of aliphatic hydroxyl groups excluding tert-OH is 1. The third-order valence-corrected chi connectivity index (χ3v) is 7.74. The molecule has 3 aromatic rings. The molecule has 10 heteroatoms. The molecule has 0 saturated carbocycles. The Hall–Kier alpha value is -4.44. The molecule has 1 aliphatic heterocycles. The summed E-state index contributed by atoms with van der Waals surface area (Å²) >= 11 is 0.945. The van der Waals surface area contributed by atoms with E-state index in [2.05, 4.69) is 18.8 Å². The Morgan fingerprint density at radius 2 is 1.86 bits per heavy atom. The largest absolute Gasteiger partial charge is 0.503 e.